The topological polar surface area (TPSA) is 48.1 Å². The number of carbonyl (C=O) groups excluding carboxylic acids is 1. The van der Waals surface area contributed by atoms with Gasteiger partial charge in [0.2, 0.25) is 6.43 Å². The van der Waals surface area contributed by atoms with Crippen LogP contribution >= 0.6 is 0 Å². The highest BCUT2D eigenvalue weighted by atomic mass is 19.3. The first-order valence-corrected chi connectivity index (χ1v) is 13.4. The van der Waals surface area contributed by atoms with Crippen LogP contribution in [0.5, 0.6) is 5.75 Å². The summed E-state index contributed by atoms with van der Waals surface area (Å²) < 4.78 is 40.4. The molecule has 1 saturated heterocycles. The average molecular weight is 536 g/mol. The van der Waals surface area contributed by atoms with E-state index in [0.29, 0.717) is 31.6 Å². The van der Waals surface area contributed by atoms with E-state index in [1.165, 1.54) is 0 Å². The largest absolute Gasteiger partial charge is 0.496 e. The zero-order valence-corrected chi connectivity index (χ0v) is 23.1. The fourth-order valence-electron chi connectivity index (χ4n) is 6.63. The number of alkyl halides is 2. The number of likely N-dealkylation sites (tertiary alicyclic amines) is 1. The standard InChI is InChI=1S/C31H35F2N3O3/c1-18-13-26(38-6)25(23-11-12-36(27(18)23)30(37)39-31(2,3)4)17-35-16-21-14-20(29(32)33)15-24(21)28(35)19-7-9-22(34-5)10-8-19/h7-13,20-21,24,28-29H,14-17H2,1-4,6H3. The van der Waals surface area contributed by atoms with Gasteiger partial charge in [0.25, 0.3) is 0 Å². The van der Waals surface area contributed by atoms with Gasteiger partial charge in [-0.15, -0.1) is 0 Å². The predicted octanol–water partition coefficient (Wildman–Crippen LogP) is 7.76. The van der Waals surface area contributed by atoms with Crippen LogP contribution in [0.25, 0.3) is 15.7 Å². The molecule has 8 heteroatoms. The number of halogens is 2. The lowest BCUT2D eigenvalue weighted by Crippen LogP contribution is -2.27. The van der Waals surface area contributed by atoms with E-state index in [1.807, 2.05) is 52.0 Å². The van der Waals surface area contributed by atoms with Gasteiger partial charge in [-0.05, 0) is 75.6 Å². The summed E-state index contributed by atoms with van der Waals surface area (Å²) in [5, 5.41) is 0.905. The number of fused-ring (bicyclic) bond motifs is 2. The Morgan fingerprint density at radius 3 is 2.51 bits per heavy atom. The van der Waals surface area contributed by atoms with Crippen molar-refractivity contribution in [3.63, 3.8) is 0 Å². The molecule has 0 N–H and O–H groups in total. The molecule has 2 heterocycles. The Labute approximate surface area is 228 Å². The van der Waals surface area contributed by atoms with Crippen molar-refractivity contribution in [2.24, 2.45) is 17.8 Å². The number of benzene rings is 2. The summed E-state index contributed by atoms with van der Waals surface area (Å²) in [6.07, 6.45) is -0.00258. The van der Waals surface area contributed by atoms with Gasteiger partial charge in [0, 0.05) is 42.2 Å². The molecule has 6 nitrogen and oxygen atoms in total. The van der Waals surface area contributed by atoms with Gasteiger partial charge in [0.05, 0.1) is 19.2 Å². The van der Waals surface area contributed by atoms with Crippen LogP contribution in [0.3, 0.4) is 0 Å². The highest BCUT2D eigenvalue weighted by Gasteiger charge is 2.49. The number of hydrogen-bond acceptors (Lipinski definition) is 4. The molecule has 206 valence electrons. The van der Waals surface area contributed by atoms with E-state index in [-0.39, 0.29) is 17.9 Å². The van der Waals surface area contributed by atoms with Crippen LogP contribution in [0, 0.1) is 31.2 Å². The number of aromatic nitrogens is 1. The summed E-state index contributed by atoms with van der Waals surface area (Å²) in [6, 6.07) is 11.4. The monoisotopic (exact) mass is 535 g/mol. The quantitative estimate of drug-likeness (QED) is 0.313. The smallest absolute Gasteiger partial charge is 0.419 e. The van der Waals surface area contributed by atoms with Crippen LogP contribution in [0.2, 0.25) is 0 Å². The normalized spacial score (nSPS) is 23.3. The third kappa shape index (κ3) is 5.12. The summed E-state index contributed by atoms with van der Waals surface area (Å²) >= 11 is 0. The number of methoxy groups -OCH3 is 1. The van der Waals surface area contributed by atoms with E-state index < -0.39 is 24.0 Å². The Bertz CT molecular complexity index is 1420. The SMILES string of the molecule is [C-]#[N+]c1ccc(C2C3CC(C(F)F)CC3CN2Cc2c(OC)cc(C)c3c2ccn3C(=O)OC(C)(C)C)cc1. The Kier molecular flexibility index (Phi) is 7.15. The van der Waals surface area contributed by atoms with E-state index in [9.17, 15) is 13.6 Å². The first kappa shape index (κ1) is 27.1. The minimum Gasteiger partial charge on any atom is -0.496 e. The molecule has 0 radical (unpaired) electrons. The Hall–Kier alpha value is -3.44. The van der Waals surface area contributed by atoms with E-state index in [0.717, 1.165) is 33.3 Å². The van der Waals surface area contributed by atoms with Crippen molar-refractivity contribution < 1.29 is 23.0 Å². The van der Waals surface area contributed by atoms with Crippen LogP contribution in [0.4, 0.5) is 19.3 Å². The first-order valence-electron chi connectivity index (χ1n) is 13.4. The summed E-state index contributed by atoms with van der Waals surface area (Å²) in [6.45, 7) is 16.0. The molecule has 1 saturated carbocycles. The first-order chi connectivity index (χ1) is 18.5. The second-order valence-corrected chi connectivity index (χ2v) is 11.9. The van der Waals surface area contributed by atoms with Gasteiger partial charge in [0.1, 0.15) is 11.4 Å². The predicted molar refractivity (Wildman–Crippen MR) is 146 cm³/mol. The molecule has 0 spiro atoms. The lowest BCUT2D eigenvalue weighted by atomic mass is 9.89. The van der Waals surface area contributed by atoms with Crippen LogP contribution in [-0.4, -0.2) is 41.2 Å². The average Bonchev–Trinajstić information content (AvgIpc) is 3.58. The molecule has 1 aliphatic heterocycles. The zero-order valence-electron chi connectivity index (χ0n) is 23.1. The fourth-order valence-corrected chi connectivity index (χ4v) is 6.63. The molecule has 1 aromatic heterocycles. The number of carbonyl (C=O) groups is 1. The second-order valence-electron chi connectivity index (χ2n) is 11.9. The summed E-state index contributed by atoms with van der Waals surface area (Å²) in [5.74, 6) is 0.441. The molecule has 5 rings (SSSR count). The lowest BCUT2D eigenvalue weighted by molar-refractivity contribution is 0.0544. The summed E-state index contributed by atoms with van der Waals surface area (Å²) in [5.41, 5.74) is 3.59. The molecule has 2 fully saturated rings. The van der Waals surface area contributed by atoms with Crippen molar-refractivity contribution in [1.82, 2.24) is 9.47 Å². The maximum atomic E-state index is 13.7. The highest BCUT2D eigenvalue weighted by molar-refractivity contribution is 5.95. The van der Waals surface area contributed by atoms with Gasteiger partial charge >= 0.3 is 6.09 Å². The lowest BCUT2D eigenvalue weighted by Gasteiger charge is -2.30. The molecular weight excluding hydrogens is 500 g/mol. The number of aryl methyl sites for hydroxylation is 1. The molecule has 3 aromatic rings. The van der Waals surface area contributed by atoms with Crippen molar-refractivity contribution in [3.05, 3.63) is 70.7 Å². The zero-order chi connectivity index (χ0) is 28.1. The Balaban J connectivity index is 1.54. The molecule has 4 atom stereocenters. The minimum absolute atomic E-state index is 0.0486. The third-order valence-electron chi connectivity index (χ3n) is 8.18. The Morgan fingerprint density at radius 2 is 1.90 bits per heavy atom. The van der Waals surface area contributed by atoms with E-state index in [1.54, 1.807) is 30.0 Å². The van der Waals surface area contributed by atoms with Crippen molar-refractivity contribution in [2.45, 2.75) is 65.1 Å². The molecule has 2 aliphatic rings. The summed E-state index contributed by atoms with van der Waals surface area (Å²) in [4.78, 5) is 18.9. The molecule has 4 unspecified atom stereocenters. The maximum absolute atomic E-state index is 13.7. The fraction of sp³-hybridized carbons (Fsp3) is 0.484. The van der Waals surface area contributed by atoms with Gasteiger partial charge in [-0.25, -0.2) is 18.4 Å². The number of hydrogen-bond donors (Lipinski definition) is 0. The maximum Gasteiger partial charge on any atom is 0.419 e. The van der Waals surface area contributed by atoms with Crippen molar-refractivity contribution in [2.75, 3.05) is 13.7 Å². The van der Waals surface area contributed by atoms with Crippen molar-refractivity contribution >= 4 is 22.7 Å². The number of nitrogens with zero attached hydrogens (tertiary/aromatic N) is 3. The van der Waals surface area contributed by atoms with Crippen molar-refractivity contribution in [3.8, 4) is 5.75 Å². The number of rotatable bonds is 5. The van der Waals surface area contributed by atoms with Gasteiger partial charge in [-0.1, -0.05) is 24.3 Å². The molecule has 1 aliphatic carbocycles. The van der Waals surface area contributed by atoms with Crippen LogP contribution < -0.4 is 4.74 Å². The Morgan fingerprint density at radius 1 is 1.18 bits per heavy atom. The van der Waals surface area contributed by atoms with Gasteiger partial charge < -0.3 is 9.47 Å². The van der Waals surface area contributed by atoms with Gasteiger partial charge in [0.15, 0.2) is 5.69 Å². The van der Waals surface area contributed by atoms with E-state index in [2.05, 4.69) is 9.74 Å². The number of ether oxygens (including phenoxy) is 2. The molecule has 39 heavy (non-hydrogen) atoms. The summed E-state index contributed by atoms with van der Waals surface area (Å²) in [7, 11) is 1.64. The third-order valence-corrected chi connectivity index (χ3v) is 8.18. The van der Waals surface area contributed by atoms with E-state index >= 15 is 0 Å². The van der Waals surface area contributed by atoms with Gasteiger partial charge in [-0.3, -0.25) is 9.47 Å². The minimum atomic E-state index is -2.31. The van der Waals surface area contributed by atoms with Crippen LogP contribution in [-0.2, 0) is 11.3 Å². The molecule has 2 aromatic carbocycles. The van der Waals surface area contributed by atoms with Crippen LogP contribution in [0.1, 0.15) is 56.3 Å². The molecule has 0 bridgehead atoms. The van der Waals surface area contributed by atoms with Crippen LogP contribution in [0.15, 0.2) is 42.6 Å². The molecular formula is C31H35F2N3O3. The van der Waals surface area contributed by atoms with E-state index in [4.69, 9.17) is 16.0 Å². The van der Waals surface area contributed by atoms with Gasteiger partial charge in [-0.2, -0.15) is 0 Å². The van der Waals surface area contributed by atoms with Crippen molar-refractivity contribution in [1.29, 1.82) is 0 Å². The highest BCUT2D eigenvalue weighted by Crippen LogP contribution is 2.53. The molecule has 0 amide bonds. The second kappa shape index (κ2) is 10.3.